The maximum absolute atomic E-state index is 12.3. The number of thiazole rings is 1. The molecule has 0 aliphatic carbocycles. The highest BCUT2D eigenvalue weighted by Gasteiger charge is 2.18. The van der Waals surface area contributed by atoms with E-state index < -0.39 is 0 Å². The fourth-order valence-corrected chi connectivity index (χ4v) is 3.28. The van der Waals surface area contributed by atoms with Crippen molar-refractivity contribution in [3.63, 3.8) is 0 Å². The number of rotatable bonds is 3. The van der Waals surface area contributed by atoms with E-state index in [1.807, 2.05) is 53.1 Å². The molecule has 2 aromatic carbocycles. The third-order valence-corrected chi connectivity index (χ3v) is 4.63. The highest BCUT2D eigenvalue weighted by molar-refractivity contribution is 9.10. The van der Waals surface area contributed by atoms with Gasteiger partial charge in [-0.2, -0.15) is 0 Å². The summed E-state index contributed by atoms with van der Waals surface area (Å²) in [6.45, 7) is 0.261. The lowest BCUT2D eigenvalue weighted by Gasteiger charge is -2.01. The molecule has 0 unspecified atom stereocenters. The van der Waals surface area contributed by atoms with Crippen molar-refractivity contribution in [2.45, 2.75) is 6.54 Å². The Bertz CT molecular complexity index is 780. The van der Waals surface area contributed by atoms with E-state index in [0.29, 0.717) is 10.7 Å². The van der Waals surface area contributed by atoms with Crippen LogP contribution in [0.1, 0.15) is 10.4 Å². The van der Waals surface area contributed by atoms with Gasteiger partial charge in [0.15, 0.2) is 6.54 Å². The number of carbonyl (C=O) groups is 1. The van der Waals surface area contributed by atoms with Gasteiger partial charge in [0, 0.05) is 10.0 Å². The molecule has 3 nitrogen and oxygen atoms in total. The number of halogens is 1. The molecule has 3 aromatic rings. The average Bonchev–Trinajstić information content (AvgIpc) is 2.76. The van der Waals surface area contributed by atoms with E-state index in [1.54, 1.807) is 0 Å². The van der Waals surface area contributed by atoms with Gasteiger partial charge in [-0.15, -0.1) is 0 Å². The summed E-state index contributed by atoms with van der Waals surface area (Å²) >= 11 is 4.86. The summed E-state index contributed by atoms with van der Waals surface area (Å²) in [6.07, 6.45) is 0. The molecule has 100 valence electrons. The second-order valence-corrected chi connectivity index (χ2v) is 6.40. The van der Waals surface area contributed by atoms with E-state index in [9.17, 15) is 4.79 Å². The van der Waals surface area contributed by atoms with Crippen molar-refractivity contribution in [2.75, 3.05) is 5.73 Å². The summed E-state index contributed by atoms with van der Waals surface area (Å²) in [5.41, 5.74) is 7.72. The van der Waals surface area contributed by atoms with Gasteiger partial charge >= 0.3 is 5.13 Å². The van der Waals surface area contributed by atoms with Crippen LogP contribution in [0, 0.1) is 0 Å². The number of Topliss-reactive ketones (excluding diaryl/α,β-unsaturated/α-hetero) is 1. The molecule has 0 aliphatic heterocycles. The number of aromatic nitrogens is 1. The smallest absolute Gasteiger partial charge is 0.290 e. The number of para-hydroxylation sites is 1. The van der Waals surface area contributed by atoms with E-state index >= 15 is 0 Å². The molecule has 0 spiro atoms. The van der Waals surface area contributed by atoms with Crippen LogP contribution >= 0.6 is 27.3 Å². The van der Waals surface area contributed by atoms with E-state index in [-0.39, 0.29) is 12.3 Å². The summed E-state index contributed by atoms with van der Waals surface area (Å²) < 4.78 is 3.92. The number of fused-ring (bicyclic) bond motifs is 1. The topological polar surface area (TPSA) is 47.0 Å². The molecule has 0 saturated carbocycles. The molecule has 0 fully saturated rings. The zero-order valence-corrected chi connectivity index (χ0v) is 12.9. The molecule has 2 N–H and O–H groups in total. The Labute approximate surface area is 128 Å². The minimum atomic E-state index is 0.0535. The van der Waals surface area contributed by atoms with Crippen molar-refractivity contribution in [3.05, 3.63) is 58.6 Å². The monoisotopic (exact) mass is 347 g/mol. The molecular weight excluding hydrogens is 336 g/mol. The number of hydrogen-bond donors (Lipinski definition) is 1. The minimum Gasteiger partial charge on any atom is -0.290 e. The predicted octanol–water partition coefficient (Wildman–Crippen LogP) is 3.42. The van der Waals surface area contributed by atoms with Crippen LogP contribution in [0.4, 0.5) is 5.13 Å². The maximum Gasteiger partial charge on any atom is 0.333 e. The zero-order chi connectivity index (χ0) is 14.1. The van der Waals surface area contributed by atoms with Gasteiger partial charge < -0.3 is 0 Å². The van der Waals surface area contributed by atoms with Crippen LogP contribution < -0.4 is 10.3 Å². The first kappa shape index (κ1) is 13.3. The van der Waals surface area contributed by atoms with Crippen molar-refractivity contribution < 1.29 is 9.36 Å². The van der Waals surface area contributed by atoms with Crippen molar-refractivity contribution >= 4 is 48.4 Å². The number of anilines is 1. The largest absolute Gasteiger partial charge is 0.333 e. The second-order valence-electron chi connectivity index (χ2n) is 4.42. The molecule has 3 rings (SSSR count). The molecule has 20 heavy (non-hydrogen) atoms. The Balaban J connectivity index is 1.95. The Morgan fingerprint density at radius 2 is 1.85 bits per heavy atom. The van der Waals surface area contributed by atoms with E-state index in [1.165, 1.54) is 11.3 Å². The van der Waals surface area contributed by atoms with Gasteiger partial charge in [0.05, 0.1) is 4.70 Å². The van der Waals surface area contributed by atoms with Crippen LogP contribution in [-0.4, -0.2) is 5.78 Å². The van der Waals surface area contributed by atoms with Crippen LogP contribution in [0.15, 0.2) is 53.0 Å². The molecule has 0 saturated heterocycles. The summed E-state index contributed by atoms with van der Waals surface area (Å²) in [5, 5.41) is 0.650. The van der Waals surface area contributed by atoms with Crippen LogP contribution in [0.2, 0.25) is 0 Å². The van der Waals surface area contributed by atoms with E-state index in [2.05, 4.69) is 15.9 Å². The first-order valence-corrected chi connectivity index (χ1v) is 7.72. The van der Waals surface area contributed by atoms with E-state index in [0.717, 1.165) is 14.7 Å². The first-order chi connectivity index (χ1) is 9.65. The molecule has 0 aliphatic rings. The number of nitrogens with zero attached hydrogens (tertiary/aromatic N) is 1. The number of carbonyl (C=O) groups excluding carboxylic acids is 1. The van der Waals surface area contributed by atoms with Gasteiger partial charge in [0.2, 0.25) is 5.78 Å². The summed E-state index contributed by atoms with van der Waals surface area (Å²) in [4.78, 5) is 12.3. The highest BCUT2D eigenvalue weighted by atomic mass is 79.9. The Morgan fingerprint density at radius 1 is 1.15 bits per heavy atom. The molecule has 1 aromatic heterocycles. The average molecular weight is 348 g/mol. The third kappa shape index (κ3) is 2.46. The standard InChI is InChI=1S/C15H11BrN2OS/c16-11-7-5-10(6-8-11)13(19)9-18-12-3-1-2-4-14(12)20-15(18)17/h1-8,17H,9H2/p+1. The normalized spacial score (nSPS) is 10.8. The number of nitrogens with two attached hydrogens (primary N) is 1. The number of nitrogen functional groups attached to an aromatic ring is 1. The van der Waals surface area contributed by atoms with Crippen molar-refractivity contribution in [2.24, 2.45) is 0 Å². The quantitative estimate of drug-likeness (QED) is 0.582. The summed E-state index contributed by atoms with van der Waals surface area (Å²) in [6, 6.07) is 15.3. The second kappa shape index (κ2) is 5.34. The van der Waals surface area contributed by atoms with Gasteiger partial charge in [-0.05, 0) is 35.6 Å². The van der Waals surface area contributed by atoms with Crippen molar-refractivity contribution in [1.29, 1.82) is 0 Å². The van der Waals surface area contributed by atoms with Gasteiger partial charge in [-0.25, -0.2) is 4.57 Å². The molecule has 1 heterocycles. The molecule has 0 bridgehead atoms. The fraction of sp³-hybridized carbons (Fsp3) is 0.0667. The summed E-state index contributed by atoms with van der Waals surface area (Å²) in [5.74, 6) is 0.0535. The lowest BCUT2D eigenvalue weighted by atomic mass is 10.1. The molecule has 0 atom stereocenters. The van der Waals surface area contributed by atoms with Gasteiger partial charge in [-0.3, -0.25) is 10.5 Å². The Hall–Kier alpha value is -1.72. The first-order valence-electron chi connectivity index (χ1n) is 6.11. The highest BCUT2D eigenvalue weighted by Crippen LogP contribution is 2.21. The molecule has 5 heteroatoms. The van der Waals surface area contributed by atoms with Gasteiger partial charge in [0.25, 0.3) is 0 Å². The molecular formula is C15H12BrN2OS+. The van der Waals surface area contributed by atoms with Crippen molar-refractivity contribution in [1.82, 2.24) is 0 Å². The van der Waals surface area contributed by atoms with Crippen LogP contribution in [0.3, 0.4) is 0 Å². The lowest BCUT2D eigenvalue weighted by Crippen LogP contribution is -2.39. The van der Waals surface area contributed by atoms with Crippen LogP contribution in [-0.2, 0) is 6.54 Å². The Morgan fingerprint density at radius 3 is 2.60 bits per heavy atom. The molecule has 0 amide bonds. The van der Waals surface area contributed by atoms with E-state index in [4.69, 9.17) is 5.73 Å². The number of hydrogen-bond acceptors (Lipinski definition) is 3. The van der Waals surface area contributed by atoms with Crippen LogP contribution in [0.25, 0.3) is 10.2 Å². The predicted molar refractivity (Wildman–Crippen MR) is 84.9 cm³/mol. The zero-order valence-electron chi connectivity index (χ0n) is 10.5. The SMILES string of the molecule is Nc1sc2ccccc2[n+]1CC(=O)c1ccc(Br)cc1. The Kier molecular flexibility index (Phi) is 3.54. The third-order valence-electron chi connectivity index (χ3n) is 3.10. The van der Waals surface area contributed by atoms with Crippen molar-refractivity contribution in [3.8, 4) is 0 Å². The van der Waals surface area contributed by atoms with Gasteiger partial charge in [0.1, 0.15) is 5.52 Å². The fourth-order valence-electron chi connectivity index (χ4n) is 2.09. The maximum atomic E-state index is 12.3. The lowest BCUT2D eigenvalue weighted by molar-refractivity contribution is -0.638. The van der Waals surface area contributed by atoms with Crippen LogP contribution in [0.5, 0.6) is 0 Å². The molecule has 0 radical (unpaired) electrons. The minimum absolute atomic E-state index is 0.0535. The number of ketones is 1. The van der Waals surface area contributed by atoms with Gasteiger partial charge in [-0.1, -0.05) is 40.2 Å². The summed E-state index contributed by atoms with van der Waals surface area (Å²) in [7, 11) is 0. The number of benzene rings is 2.